The maximum Gasteiger partial charge on any atom is 0.133 e. The Morgan fingerprint density at radius 2 is 1.63 bits per heavy atom. The maximum absolute atomic E-state index is 6.16. The van der Waals surface area contributed by atoms with Crippen LogP contribution in [0.5, 0.6) is 0 Å². The van der Waals surface area contributed by atoms with Gasteiger partial charge in [0.1, 0.15) is 11.0 Å². The van der Waals surface area contributed by atoms with E-state index in [1.54, 1.807) is 0 Å². The summed E-state index contributed by atoms with van der Waals surface area (Å²) in [7, 11) is 0. The summed E-state index contributed by atoms with van der Waals surface area (Å²) < 4.78 is 0. The minimum atomic E-state index is 0.517. The van der Waals surface area contributed by atoms with Crippen LogP contribution >= 0.6 is 11.6 Å². The van der Waals surface area contributed by atoms with Crippen molar-refractivity contribution >= 4 is 11.6 Å². The molecular formula is C16H17ClN2. The third-order valence-electron chi connectivity index (χ3n) is 3.59. The zero-order chi connectivity index (χ0) is 13.6. The van der Waals surface area contributed by atoms with Crippen molar-refractivity contribution in [3.8, 4) is 11.3 Å². The average molecular weight is 273 g/mol. The number of aromatic nitrogens is 2. The molecule has 19 heavy (non-hydrogen) atoms. The molecule has 1 aliphatic rings. The summed E-state index contributed by atoms with van der Waals surface area (Å²) in [6.45, 7) is 6.37. The summed E-state index contributed by atoms with van der Waals surface area (Å²) in [6, 6.07) is 6.25. The topological polar surface area (TPSA) is 25.8 Å². The highest BCUT2D eigenvalue weighted by molar-refractivity contribution is 6.29. The first kappa shape index (κ1) is 12.6. The van der Waals surface area contributed by atoms with Crippen LogP contribution in [-0.2, 0) is 0 Å². The number of halogens is 1. The highest BCUT2D eigenvalue weighted by atomic mass is 35.5. The molecule has 2 aromatic rings. The van der Waals surface area contributed by atoms with Crippen molar-refractivity contribution in [2.45, 2.75) is 39.5 Å². The van der Waals surface area contributed by atoms with Crippen molar-refractivity contribution in [1.29, 1.82) is 0 Å². The molecule has 0 amide bonds. The number of aryl methyl sites for hydroxylation is 3. The average Bonchev–Trinajstić information content (AvgIpc) is 3.10. The van der Waals surface area contributed by atoms with Crippen molar-refractivity contribution in [1.82, 2.24) is 9.97 Å². The lowest BCUT2D eigenvalue weighted by Crippen LogP contribution is -1.98. The molecule has 0 unspecified atom stereocenters. The van der Waals surface area contributed by atoms with E-state index in [4.69, 9.17) is 16.6 Å². The van der Waals surface area contributed by atoms with Crippen LogP contribution in [0.4, 0.5) is 0 Å². The van der Waals surface area contributed by atoms with Gasteiger partial charge in [0.05, 0.1) is 5.69 Å². The molecular weight excluding hydrogens is 256 g/mol. The van der Waals surface area contributed by atoms with E-state index in [1.807, 2.05) is 6.07 Å². The van der Waals surface area contributed by atoms with Crippen LogP contribution in [0, 0.1) is 20.8 Å². The predicted octanol–water partition coefficient (Wildman–Crippen LogP) is 4.60. The molecule has 1 aromatic carbocycles. The third kappa shape index (κ3) is 2.50. The minimum absolute atomic E-state index is 0.517. The van der Waals surface area contributed by atoms with Gasteiger partial charge in [0, 0.05) is 17.5 Å². The summed E-state index contributed by atoms with van der Waals surface area (Å²) in [5.74, 6) is 1.42. The van der Waals surface area contributed by atoms with E-state index in [1.165, 1.54) is 35.1 Å². The van der Waals surface area contributed by atoms with Gasteiger partial charge in [0.15, 0.2) is 0 Å². The highest BCUT2D eigenvalue weighted by Gasteiger charge is 2.27. The monoisotopic (exact) mass is 272 g/mol. The molecule has 2 nitrogen and oxygen atoms in total. The van der Waals surface area contributed by atoms with Gasteiger partial charge in [-0.25, -0.2) is 9.97 Å². The van der Waals surface area contributed by atoms with Gasteiger partial charge in [0.2, 0.25) is 0 Å². The Kier molecular flexibility index (Phi) is 3.06. The molecule has 1 heterocycles. The maximum atomic E-state index is 6.16. The van der Waals surface area contributed by atoms with Crippen molar-refractivity contribution < 1.29 is 0 Å². The molecule has 1 aliphatic carbocycles. The number of nitrogens with zero attached hydrogens (tertiary/aromatic N) is 2. The zero-order valence-electron chi connectivity index (χ0n) is 11.5. The molecule has 98 valence electrons. The standard InChI is InChI=1S/C16H17ClN2/c1-9-6-10(2)15(11(3)7-9)13-8-14(17)19-16(18-13)12-4-5-12/h6-8,12H,4-5H2,1-3H3. The first-order chi connectivity index (χ1) is 9.04. The normalized spacial score (nSPS) is 14.7. The zero-order valence-corrected chi connectivity index (χ0v) is 12.3. The molecule has 0 spiro atoms. The molecule has 1 aromatic heterocycles. The Hall–Kier alpha value is -1.41. The molecule has 1 saturated carbocycles. The molecule has 1 fully saturated rings. The van der Waals surface area contributed by atoms with Crippen molar-refractivity contribution in [2.75, 3.05) is 0 Å². The number of hydrogen-bond acceptors (Lipinski definition) is 2. The smallest absolute Gasteiger partial charge is 0.133 e. The van der Waals surface area contributed by atoms with E-state index in [9.17, 15) is 0 Å². The third-order valence-corrected chi connectivity index (χ3v) is 3.78. The largest absolute Gasteiger partial charge is 0.232 e. The molecule has 0 radical (unpaired) electrons. The molecule has 0 saturated heterocycles. The summed E-state index contributed by atoms with van der Waals surface area (Å²) >= 11 is 6.16. The van der Waals surface area contributed by atoms with Crippen LogP contribution in [0.25, 0.3) is 11.3 Å². The Bertz CT molecular complexity index is 622. The quantitative estimate of drug-likeness (QED) is 0.747. The lowest BCUT2D eigenvalue weighted by atomic mass is 9.97. The molecule has 0 aliphatic heterocycles. The fraction of sp³-hybridized carbons (Fsp3) is 0.375. The number of rotatable bonds is 2. The first-order valence-electron chi connectivity index (χ1n) is 6.67. The van der Waals surface area contributed by atoms with Gasteiger partial charge in [-0.2, -0.15) is 0 Å². The first-order valence-corrected chi connectivity index (χ1v) is 7.05. The van der Waals surface area contributed by atoms with Crippen LogP contribution in [-0.4, -0.2) is 9.97 Å². The van der Waals surface area contributed by atoms with Gasteiger partial charge in [-0.1, -0.05) is 29.3 Å². The SMILES string of the molecule is Cc1cc(C)c(-c2cc(Cl)nc(C3CC3)n2)c(C)c1. The van der Waals surface area contributed by atoms with Crippen LogP contribution < -0.4 is 0 Å². The molecule has 3 heteroatoms. The lowest BCUT2D eigenvalue weighted by molar-refractivity contribution is 0.929. The number of hydrogen-bond donors (Lipinski definition) is 0. The summed E-state index contributed by atoms with van der Waals surface area (Å²) in [5, 5.41) is 0.547. The van der Waals surface area contributed by atoms with E-state index >= 15 is 0 Å². The van der Waals surface area contributed by atoms with Gasteiger partial charge in [0.25, 0.3) is 0 Å². The Morgan fingerprint density at radius 1 is 1.00 bits per heavy atom. The van der Waals surface area contributed by atoms with Crippen molar-refractivity contribution in [3.05, 3.63) is 45.9 Å². The second-order valence-electron chi connectivity index (χ2n) is 5.48. The predicted molar refractivity (Wildman–Crippen MR) is 78.7 cm³/mol. The van der Waals surface area contributed by atoms with Crippen LogP contribution in [0.1, 0.15) is 41.3 Å². The lowest BCUT2D eigenvalue weighted by Gasteiger charge is -2.12. The van der Waals surface area contributed by atoms with E-state index < -0.39 is 0 Å². The molecule has 0 bridgehead atoms. The van der Waals surface area contributed by atoms with Crippen LogP contribution in [0.3, 0.4) is 0 Å². The van der Waals surface area contributed by atoms with Gasteiger partial charge < -0.3 is 0 Å². The van der Waals surface area contributed by atoms with Gasteiger partial charge >= 0.3 is 0 Å². The van der Waals surface area contributed by atoms with E-state index in [0.29, 0.717) is 11.1 Å². The fourth-order valence-electron chi connectivity index (χ4n) is 2.67. The molecule has 3 rings (SSSR count). The van der Waals surface area contributed by atoms with Gasteiger partial charge in [-0.3, -0.25) is 0 Å². The Morgan fingerprint density at radius 3 is 2.21 bits per heavy atom. The second kappa shape index (κ2) is 4.61. The van der Waals surface area contributed by atoms with E-state index in [0.717, 1.165) is 11.5 Å². The highest BCUT2D eigenvalue weighted by Crippen LogP contribution is 2.39. The molecule has 0 N–H and O–H groups in total. The fourth-order valence-corrected chi connectivity index (χ4v) is 2.86. The Labute approximate surface area is 118 Å². The number of benzene rings is 1. The summed E-state index contributed by atoms with van der Waals surface area (Å²) in [6.07, 6.45) is 2.37. The summed E-state index contributed by atoms with van der Waals surface area (Å²) in [4.78, 5) is 9.07. The summed E-state index contributed by atoms with van der Waals surface area (Å²) in [5.41, 5.74) is 5.91. The van der Waals surface area contributed by atoms with Gasteiger partial charge in [-0.05, 0) is 44.7 Å². The van der Waals surface area contributed by atoms with Crippen LogP contribution in [0.15, 0.2) is 18.2 Å². The van der Waals surface area contributed by atoms with Crippen molar-refractivity contribution in [3.63, 3.8) is 0 Å². The van der Waals surface area contributed by atoms with Crippen molar-refractivity contribution in [2.24, 2.45) is 0 Å². The minimum Gasteiger partial charge on any atom is -0.232 e. The van der Waals surface area contributed by atoms with E-state index in [-0.39, 0.29) is 0 Å². The Balaban J connectivity index is 2.16. The second-order valence-corrected chi connectivity index (χ2v) is 5.87. The van der Waals surface area contributed by atoms with Gasteiger partial charge in [-0.15, -0.1) is 0 Å². The van der Waals surface area contributed by atoms with E-state index in [2.05, 4.69) is 37.9 Å². The molecule has 0 atom stereocenters. The van der Waals surface area contributed by atoms with Crippen LogP contribution in [0.2, 0.25) is 5.15 Å².